The summed E-state index contributed by atoms with van der Waals surface area (Å²) in [5.74, 6) is -1.62. The van der Waals surface area contributed by atoms with Gasteiger partial charge in [0, 0.05) is 18.6 Å². The van der Waals surface area contributed by atoms with Crippen LogP contribution in [0, 0.1) is 11.6 Å². The molecule has 1 aromatic rings. The van der Waals surface area contributed by atoms with Crippen molar-refractivity contribution in [2.24, 2.45) is 5.73 Å². The highest BCUT2D eigenvalue weighted by molar-refractivity contribution is 5.85. The number of nitrogens with two attached hydrogens (primary N) is 1. The predicted octanol–water partition coefficient (Wildman–Crippen LogP) is 2.73. The molecule has 98 valence electrons. The molecule has 1 aromatic carbocycles. The Hall–Kier alpha value is -0.710. The van der Waals surface area contributed by atoms with Gasteiger partial charge < -0.3 is 5.73 Å². The number of hydrogen-bond donors (Lipinski definition) is 1. The number of rotatable bonds is 4. The number of halogens is 3. The van der Waals surface area contributed by atoms with Crippen LogP contribution in [0.1, 0.15) is 25.5 Å². The average Bonchev–Trinajstić information content (AvgIpc) is 2.20. The minimum absolute atomic E-state index is 0. The van der Waals surface area contributed by atoms with Gasteiger partial charge in [-0.3, -0.25) is 4.90 Å². The number of hydrogen-bond acceptors (Lipinski definition) is 2. The first kappa shape index (κ1) is 16.3. The van der Waals surface area contributed by atoms with Gasteiger partial charge in [-0.15, -0.1) is 12.4 Å². The average molecular weight is 265 g/mol. The lowest BCUT2D eigenvalue weighted by Gasteiger charge is -2.26. The Morgan fingerprint density at radius 1 is 1.24 bits per heavy atom. The fourth-order valence-electron chi connectivity index (χ4n) is 1.64. The third-order valence-corrected chi connectivity index (χ3v) is 2.66. The Morgan fingerprint density at radius 2 is 1.82 bits per heavy atom. The zero-order valence-electron chi connectivity index (χ0n) is 10.3. The fraction of sp³-hybridized carbons (Fsp3) is 0.500. The van der Waals surface area contributed by atoms with Crippen LogP contribution < -0.4 is 5.73 Å². The van der Waals surface area contributed by atoms with Gasteiger partial charge in [0.25, 0.3) is 0 Å². The van der Waals surface area contributed by atoms with E-state index in [9.17, 15) is 8.78 Å². The summed E-state index contributed by atoms with van der Waals surface area (Å²) in [5, 5.41) is 0. The molecule has 0 heterocycles. The first-order valence-electron chi connectivity index (χ1n) is 5.32. The lowest BCUT2D eigenvalue weighted by Crippen LogP contribution is -2.34. The molecule has 0 radical (unpaired) electrons. The van der Waals surface area contributed by atoms with Crippen LogP contribution in [0.4, 0.5) is 8.78 Å². The first-order chi connectivity index (χ1) is 7.41. The summed E-state index contributed by atoms with van der Waals surface area (Å²) in [5.41, 5.74) is 6.44. The van der Waals surface area contributed by atoms with Crippen LogP contribution in [-0.4, -0.2) is 24.5 Å². The van der Waals surface area contributed by atoms with Crippen molar-refractivity contribution in [3.8, 4) is 0 Å². The van der Waals surface area contributed by atoms with Crippen LogP contribution in [0.2, 0.25) is 0 Å². The highest BCUT2D eigenvalue weighted by atomic mass is 35.5. The Labute approximate surface area is 107 Å². The molecule has 0 aliphatic heterocycles. The maximum Gasteiger partial charge on any atom is 0.159 e. The molecule has 0 aromatic heterocycles. The molecule has 2 nitrogen and oxygen atoms in total. The molecule has 0 aliphatic rings. The summed E-state index contributed by atoms with van der Waals surface area (Å²) in [6, 6.07) is 4.05. The van der Waals surface area contributed by atoms with Crippen LogP contribution in [0.15, 0.2) is 18.2 Å². The third-order valence-electron chi connectivity index (χ3n) is 2.66. The Morgan fingerprint density at radius 3 is 2.29 bits per heavy atom. The van der Waals surface area contributed by atoms with Crippen LogP contribution in [0.3, 0.4) is 0 Å². The molecule has 0 amide bonds. The van der Waals surface area contributed by atoms with Gasteiger partial charge in [-0.05, 0) is 38.6 Å². The van der Waals surface area contributed by atoms with Gasteiger partial charge in [-0.2, -0.15) is 0 Å². The lowest BCUT2D eigenvalue weighted by molar-refractivity contribution is 0.249. The highest BCUT2D eigenvalue weighted by Crippen LogP contribution is 2.20. The van der Waals surface area contributed by atoms with E-state index < -0.39 is 11.6 Å². The molecular weight excluding hydrogens is 246 g/mol. The molecule has 1 rings (SSSR count). The molecule has 0 saturated heterocycles. The van der Waals surface area contributed by atoms with Gasteiger partial charge in [0.2, 0.25) is 0 Å². The second-order valence-electron chi connectivity index (χ2n) is 4.27. The molecule has 2 unspecified atom stereocenters. The largest absolute Gasteiger partial charge is 0.327 e. The first-order valence-corrected chi connectivity index (χ1v) is 5.32. The second-order valence-corrected chi connectivity index (χ2v) is 4.27. The molecular formula is C12H19ClF2N2. The Bertz CT molecular complexity index is 358. The van der Waals surface area contributed by atoms with Crippen LogP contribution >= 0.6 is 12.4 Å². The van der Waals surface area contributed by atoms with Crippen LogP contribution in [0.5, 0.6) is 0 Å². The summed E-state index contributed by atoms with van der Waals surface area (Å²) in [4.78, 5) is 2.01. The van der Waals surface area contributed by atoms with Gasteiger partial charge in [-0.25, -0.2) is 8.78 Å². The van der Waals surface area contributed by atoms with Gasteiger partial charge >= 0.3 is 0 Å². The summed E-state index contributed by atoms with van der Waals surface area (Å²) >= 11 is 0. The Balaban J connectivity index is 0.00000256. The topological polar surface area (TPSA) is 29.3 Å². The van der Waals surface area contributed by atoms with Crippen molar-refractivity contribution in [2.45, 2.75) is 25.9 Å². The van der Waals surface area contributed by atoms with Crippen LogP contribution in [-0.2, 0) is 0 Å². The van der Waals surface area contributed by atoms with E-state index in [4.69, 9.17) is 5.73 Å². The maximum absolute atomic E-state index is 13.0. The van der Waals surface area contributed by atoms with E-state index in [-0.39, 0.29) is 24.5 Å². The SMILES string of the molecule is CC(N)CN(C)C(C)c1ccc(F)c(F)c1.Cl. The molecule has 2 atom stereocenters. The molecule has 0 bridgehead atoms. The fourth-order valence-corrected chi connectivity index (χ4v) is 1.64. The van der Waals surface area contributed by atoms with Crippen molar-refractivity contribution in [3.05, 3.63) is 35.4 Å². The zero-order chi connectivity index (χ0) is 12.3. The van der Waals surface area contributed by atoms with Gasteiger partial charge in [0.05, 0.1) is 0 Å². The van der Waals surface area contributed by atoms with Crippen LogP contribution in [0.25, 0.3) is 0 Å². The minimum atomic E-state index is -0.814. The van der Waals surface area contributed by atoms with E-state index in [0.29, 0.717) is 6.54 Å². The quantitative estimate of drug-likeness (QED) is 0.906. The normalized spacial score (nSPS) is 14.3. The van der Waals surface area contributed by atoms with Crippen molar-refractivity contribution in [1.82, 2.24) is 4.90 Å². The predicted molar refractivity (Wildman–Crippen MR) is 68.3 cm³/mol. The van der Waals surface area contributed by atoms with Gasteiger partial charge in [0.1, 0.15) is 0 Å². The standard InChI is InChI=1S/C12H18F2N2.ClH/c1-8(15)7-16(3)9(2)10-4-5-11(13)12(14)6-10;/h4-6,8-9H,7,15H2,1-3H3;1H. The van der Waals surface area contributed by atoms with Crippen molar-refractivity contribution >= 4 is 12.4 Å². The van der Waals surface area contributed by atoms with Crippen molar-refractivity contribution in [2.75, 3.05) is 13.6 Å². The number of nitrogens with zero attached hydrogens (tertiary/aromatic N) is 1. The number of likely N-dealkylation sites (N-methyl/N-ethyl adjacent to an activating group) is 1. The summed E-state index contributed by atoms with van der Waals surface area (Å²) in [6.07, 6.45) is 0. The molecule has 5 heteroatoms. The Kier molecular flexibility index (Phi) is 6.60. The van der Waals surface area contributed by atoms with E-state index in [1.165, 1.54) is 6.07 Å². The van der Waals surface area contributed by atoms with Gasteiger partial charge in [0.15, 0.2) is 11.6 Å². The van der Waals surface area contributed by atoms with E-state index in [1.807, 2.05) is 25.8 Å². The molecule has 0 spiro atoms. The second kappa shape index (κ2) is 6.89. The summed E-state index contributed by atoms with van der Waals surface area (Å²) in [7, 11) is 1.91. The monoisotopic (exact) mass is 264 g/mol. The van der Waals surface area contributed by atoms with E-state index >= 15 is 0 Å². The van der Waals surface area contributed by atoms with Crippen molar-refractivity contribution in [3.63, 3.8) is 0 Å². The van der Waals surface area contributed by atoms with Crippen molar-refractivity contribution < 1.29 is 8.78 Å². The lowest BCUT2D eigenvalue weighted by atomic mass is 10.1. The molecule has 0 fully saturated rings. The minimum Gasteiger partial charge on any atom is -0.327 e. The third kappa shape index (κ3) is 4.58. The molecule has 17 heavy (non-hydrogen) atoms. The van der Waals surface area contributed by atoms with E-state index in [2.05, 4.69) is 0 Å². The van der Waals surface area contributed by atoms with E-state index in [0.717, 1.165) is 11.6 Å². The molecule has 2 N–H and O–H groups in total. The smallest absolute Gasteiger partial charge is 0.159 e. The number of benzene rings is 1. The molecule has 0 aliphatic carbocycles. The maximum atomic E-state index is 13.0. The molecule has 0 saturated carbocycles. The summed E-state index contributed by atoms with van der Waals surface area (Å²) in [6.45, 7) is 4.56. The van der Waals surface area contributed by atoms with E-state index in [1.54, 1.807) is 6.07 Å². The summed E-state index contributed by atoms with van der Waals surface area (Å²) < 4.78 is 25.8. The van der Waals surface area contributed by atoms with Crippen molar-refractivity contribution in [1.29, 1.82) is 0 Å². The van der Waals surface area contributed by atoms with Gasteiger partial charge in [-0.1, -0.05) is 6.07 Å². The zero-order valence-corrected chi connectivity index (χ0v) is 11.1. The highest BCUT2D eigenvalue weighted by Gasteiger charge is 2.14.